The smallest absolute Gasteiger partial charge is 0.257 e. The van der Waals surface area contributed by atoms with Gasteiger partial charge in [0.1, 0.15) is 0 Å². The number of likely N-dealkylation sites (N-methyl/N-ethyl adjacent to an activating group) is 1. The molecule has 0 unspecified atom stereocenters. The van der Waals surface area contributed by atoms with Crippen molar-refractivity contribution in [2.24, 2.45) is 0 Å². The van der Waals surface area contributed by atoms with E-state index in [1.54, 1.807) is 6.20 Å². The number of carbonyl (C=O) groups excluding carboxylic acids is 1. The number of carbonyl (C=O) groups is 1. The highest BCUT2D eigenvalue weighted by Crippen LogP contribution is 2.25. The van der Waals surface area contributed by atoms with Gasteiger partial charge in [0.25, 0.3) is 11.6 Å². The lowest BCUT2D eigenvalue weighted by Crippen LogP contribution is -2.57. The zero-order valence-electron chi connectivity index (χ0n) is 15.1. The second-order valence-corrected chi connectivity index (χ2v) is 7.04. The van der Waals surface area contributed by atoms with Crippen molar-refractivity contribution < 1.29 is 9.32 Å². The Morgan fingerprint density at radius 1 is 1.33 bits per heavy atom. The van der Waals surface area contributed by atoms with Crippen LogP contribution in [0.2, 0.25) is 0 Å². The molecule has 0 aliphatic carbocycles. The summed E-state index contributed by atoms with van der Waals surface area (Å²) in [6.45, 7) is 13.2. The Morgan fingerprint density at radius 2 is 2.08 bits per heavy atom. The highest BCUT2D eigenvalue weighted by molar-refractivity contribution is 5.97. The lowest BCUT2D eigenvalue weighted by molar-refractivity contribution is 0.0335. The number of rotatable bonds is 3. The number of fused-ring (bicyclic) bond motifs is 1. The number of nitrogens with zero attached hydrogens (tertiary/aromatic N) is 4. The maximum Gasteiger partial charge on any atom is 0.257 e. The van der Waals surface area contributed by atoms with Gasteiger partial charge in [0.15, 0.2) is 0 Å². The van der Waals surface area contributed by atoms with E-state index in [9.17, 15) is 4.79 Å². The Balaban J connectivity index is 1.89. The van der Waals surface area contributed by atoms with Gasteiger partial charge in [-0.25, -0.2) is 4.98 Å². The summed E-state index contributed by atoms with van der Waals surface area (Å²) in [7, 11) is 0. The third-order valence-corrected chi connectivity index (χ3v) is 4.93. The molecule has 2 atom stereocenters. The number of hydrogen-bond acceptors (Lipinski definition) is 5. The van der Waals surface area contributed by atoms with Gasteiger partial charge in [0, 0.05) is 31.4 Å². The molecule has 2 aromatic heterocycles. The van der Waals surface area contributed by atoms with Gasteiger partial charge in [-0.2, -0.15) is 0 Å². The third-order valence-electron chi connectivity index (χ3n) is 4.93. The van der Waals surface area contributed by atoms with Crippen molar-refractivity contribution in [3.63, 3.8) is 0 Å². The van der Waals surface area contributed by atoms with Crippen LogP contribution < -0.4 is 0 Å². The molecule has 1 aliphatic rings. The first kappa shape index (κ1) is 16.9. The van der Waals surface area contributed by atoms with Crippen molar-refractivity contribution in [3.8, 4) is 0 Å². The topological polar surface area (TPSA) is 62.5 Å². The fourth-order valence-electron chi connectivity index (χ4n) is 3.47. The van der Waals surface area contributed by atoms with Gasteiger partial charge < -0.3 is 9.42 Å². The Kier molecular flexibility index (Phi) is 4.58. The molecule has 0 aromatic carbocycles. The molecule has 0 saturated carbocycles. The third kappa shape index (κ3) is 2.90. The van der Waals surface area contributed by atoms with Crippen LogP contribution in [-0.2, 0) is 0 Å². The van der Waals surface area contributed by atoms with Crippen LogP contribution in [0.25, 0.3) is 11.1 Å². The van der Waals surface area contributed by atoms with Gasteiger partial charge in [-0.1, -0.05) is 25.9 Å². The Morgan fingerprint density at radius 3 is 2.75 bits per heavy atom. The van der Waals surface area contributed by atoms with E-state index in [1.165, 1.54) is 0 Å². The molecule has 0 spiro atoms. The monoisotopic (exact) mass is 330 g/mol. The van der Waals surface area contributed by atoms with E-state index in [0.717, 1.165) is 30.7 Å². The van der Waals surface area contributed by atoms with Crippen molar-refractivity contribution in [3.05, 3.63) is 23.5 Å². The highest BCUT2D eigenvalue weighted by Gasteiger charge is 2.32. The van der Waals surface area contributed by atoms with Crippen LogP contribution in [0.4, 0.5) is 0 Å². The molecule has 0 bridgehead atoms. The van der Waals surface area contributed by atoms with Crippen LogP contribution in [0.3, 0.4) is 0 Å². The standard InChI is InChI=1S/C18H26N4O2/c1-6-21-9-13(5)22(10-12(21)4)18(23)14-7-15-16(11(2)3)20-24-17(15)19-8-14/h7-8,11-13H,6,9-10H2,1-5H3/t12-,13+/m0/s1. The van der Waals surface area contributed by atoms with E-state index in [-0.39, 0.29) is 17.9 Å². The van der Waals surface area contributed by atoms with E-state index in [2.05, 4.69) is 49.7 Å². The average molecular weight is 330 g/mol. The van der Waals surface area contributed by atoms with E-state index in [1.807, 2.05) is 11.0 Å². The summed E-state index contributed by atoms with van der Waals surface area (Å²) in [5.74, 6) is 0.265. The molecule has 130 valence electrons. The fraction of sp³-hybridized carbons (Fsp3) is 0.611. The number of aromatic nitrogens is 2. The van der Waals surface area contributed by atoms with Crippen molar-refractivity contribution in [1.29, 1.82) is 0 Å². The summed E-state index contributed by atoms with van der Waals surface area (Å²) in [6, 6.07) is 2.44. The van der Waals surface area contributed by atoms with Crippen molar-refractivity contribution in [2.75, 3.05) is 19.6 Å². The lowest BCUT2D eigenvalue weighted by atomic mass is 10.0. The molecule has 1 amide bonds. The molecule has 6 nitrogen and oxygen atoms in total. The molecule has 6 heteroatoms. The molecule has 2 aromatic rings. The second kappa shape index (κ2) is 6.51. The van der Waals surface area contributed by atoms with Crippen LogP contribution in [0.5, 0.6) is 0 Å². The lowest BCUT2D eigenvalue weighted by Gasteiger charge is -2.43. The molecule has 24 heavy (non-hydrogen) atoms. The minimum absolute atomic E-state index is 0.0374. The summed E-state index contributed by atoms with van der Waals surface area (Å²) in [6.07, 6.45) is 1.60. The van der Waals surface area contributed by atoms with E-state index < -0.39 is 0 Å². The summed E-state index contributed by atoms with van der Waals surface area (Å²) >= 11 is 0. The Hall–Kier alpha value is -1.95. The zero-order valence-corrected chi connectivity index (χ0v) is 15.1. The second-order valence-electron chi connectivity index (χ2n) is 7.04. The van der Waals surface area contributed by atoms with Gasteiger partial charge in [-0.05, 0) is 32.4 Å². The Bertz CT molecular complexity index is 740. The quantitative estimate of drug-likeness (QED) is 0.866. The first-order chi connectivity index (χ1) is 11.4. The van der Waals surface area contributed by atoms with Crippen LogP contribution in [-0.4, -0.2) is 57.6 Å². The molecular formula is C18H26N4O2. The van der Waals surface area contributed by atoms with Gasteiger partial charge in [-0.3, -0.25) is 9.69 Å². The van der Waals surface area contributed by atoms with Crippen LogP contribution in [0.1, 0.15) is 56.6 Å². The predicted molar refractivity (Wildman–Crippen MR) is 93.1 cm³/mol. The minimum Gasteiger partial charge on any atom is -0.336 e. The summed E-state index contributed by atoms with van der Waals surface area (Å²) in [4.78, 5) is 21.7. The number of amides is 1. The average Bonchev–Trinajstić information content (AvgIpc) is 2.99. The number of pyridine rings is 1. The fourth-order valence-corrected chi connectivity index (χ4v) is 3.47. The molecule has 3 heterocycles. The van der Waals surface area contributed by atoms with Crippen LogP contribution in [0.15, 0.2) is 16.8 Å². The summed E-state index contributed by atoms with van der Waals surface area (Å²) < 4.78 is 5.26. The zero-order chi connectivity index (χ0) is 17.4. The highest BCUT2D eigenvalue weighted by atomic mass is 16.5. The van der Waals surface area contributed by atoms with Gasteiger partial charge in [-0.15, -0.1) is 0 Å². The minimum atomic E-state index is 0.0374. The van der Waals surface area contributed by atoms with Crippen LogP contribution >= 0.6 is 0 Å². The predicted octanol–water partition coefficient (Wildman–Crippen LogP) is 2.90. The Labute approximate surface area is 142 Å². The van der Waals surface area contributed by atoms with Gasteiger partial charge >= 0.3 is 0 Å². The largest absolute Gasteiger partial charge is 0.336 e. The number of piperazine rings is 1. The van der Waals surface area contributed by atoms with E-state index in [4.69, 9.17) is 4.52 Å². The van der Waals surface area contributed by atoms with Gasteiger partial charge in [0.2, 0.25) is 0 Å². The van der Waals surface area contributed by atoms with Gasteiger partial charge in [0.05, 0.1) is 16.6 Å². The van der Waals surface area contributed by atoms with Crippen molar-refractivity contribution in [2.45, 2.75) is 52.6 Å². The first-order valence-corrected chi connectivity index (χ1v) is 8.72. The molecule has 1 saturated heterocycles. The van der Waals surface area contributed by atoms with Crippen LogP contribution in [0, 0.1) is 0 Å². The molecule has 0 radical (unpaired) electrons. The normalized spacial score (nSPS) is 22.5. The molecule has 3 rings (SSSR count). The van der Waals surface area contributed by atoms with Crippen molar-refractivity contribution in [1.82, 2.24) is 19.9 Å². The first-order valence-electron chi connectivity index (χ1n) is 8.72. The van der Waals surface area contributed by atoms with Crippen molar-refractivity contribution >= 4 is 17.0 Å². The molecule has 0 N–H and O–H groups in total. The maximum absolute atomic E-state index is 13.0. The number of hydrogen-bond donors (Lipinski definition) is 0. The summed E-state index contributed by atoms with van der Waals surface area (Å²) in [5, 5.41) is 4.92. The SMILES string of the molecule is CCN1C[C@@H](C)N(C(=O)c2cnc3onc(C(C)C)c3c2)C[C@@H]1C. The molecule has 1 aliphatic heterocycles. The molecular weight excluding hydrogens is 304 g/mol. The molecule has 1 fully saturated rings. The summed E-state index contributed by atoms with van der Waals surface area (Å²) in [5.41, 5.74) is 1.95. The van der Waals surface area contributed by atoms with E-state index >= 15 is 0 Å². The maximum atomic E-state index is 13.0. The van der Waals surface area contributed by atoms with E-state index in [0.29, 0.717) is 17.3 Å².